The summed E-state index contributed by atoms with van der Waals surface area (Å²) >= 11 is 0. The lowest BCUT2D eigenvalue weighted by molar-refractivity contribution is -0.137. The Balaban J connectivity index is 2.29. The molecule has 0 atom stereocenters. The van der Waals surface area contributed by atoms with E-state index < -0.39 is 11.9 Å². The van der Waals surface area contributed by atoms with Crippen molar-refractivity contribution in [1.82, 2.24) is 0 Å². The predicted molar refractivity (Wildman–Crippen MR) is 104 cm³/mol. The summed E-state index contributed by atoms with van der Waals surface area (Å²) in [7, 11) is 0. The van der Waals surface area contributed by atoms with Crippen molar-refractivity contribution >= 4 is 18.0 Å². The summed E-state index contributed by atoms with van der Waals surface area (Å²) in [6, 6.07) is 13.6. The average molecular weight is 379 g/mol. The minimum atomic E-state index is -0.696. The molecule has 6 heteroatoms. The second kappa shape index (κ2) is 9.93. The van der Waals surface area contributed by atoms with Crippen LogP contribution in [0.3, 0.4) is 0 Å². The molecule has 0 saturated carbocycles. The molecule has 0 radical (unpaired) electrons. The lowest BCUT2D eigenvalue weighted by Crippen LogP contribution is -2.10. The number of rotatable bonds is 7. The van der Waals surface area contributed by atoms with Gasteiger partial charge in [0.25, 0.3) is 0 Å². The number of esters is 2. The van der Waals surface area contributed by atoms with Crippen LogP contribution in [0.5, 0.6) is 11.5 Å². The van der Waals surface area contributed by atoms with Gasteiger partial charge >= 0.3 is 11.9 Å². The van der Waals surface area contributed by atoms with Gasteiger partial charge in [-0.2, -0.15) is 5.26 Å². The standard InChI is InChI=1S/C22H21NO5/c1-4-26-20-13-16(12-18(14-23)21(24)27-5-2)8-11-19(20)28-22(25)17-9-6-15(3)7-10-17/h6-13H,4-5H2,1-3H3/b18-12+. The Bertz CT molecular complexity index is 923. The van der Waals surface area contributed by atoms with Gasteiger partial charge in [-0.1, -0.05) is 23.8 Å². The van der Waals surface area contributed by atoms with Gasteiger partial charge in [0.2, 0.25) is 0 Å². The number of hydrogen-bond donors (Lipinski definition) is 0. The maximum atomic E-state index is 12.4. The summed E-state index contributed by atoms with van der Waals surface area (Å²) < 4.78 is 15.9. The van der Waals surface area contributed by atoms with E-state index in [1.54, 1.807) is 44.2 Å². The average Bonchev–Trinajstić information content (AvgIpc) is 2.68. The monoisotopic (exact) mass is 379 g/mol. The fraction of sp³-hybridized carbons (Fsp3) is 0.227. The van der Waals surface area contributed by atoms with Gasteiger partial charge in [0.15, 0.2) is 11.5 Å². The Morgan fingerprint density at radius 2 is 1.75 bits per heavy atom. The van der Waals surface area contributed by atoms with Crippen molar-refractivity contribution in [2.75, 3.05) is 13.2 Å². The maximum Gasteiger partial charge on any atom is 0.348 e. The Hall–Kier alpha value is -3.59. The van der Waals surface area contributed by atoms with Gasteiger partial charge in [0.1, 0.15) is 11.6 Å². The van der Waals surface area contributed by atoms with Crippen LogP contribution in [0.25, 0.3) is 6.08 Å². The van der Waals surface area contributed by atoms with Crippen LogP contribution < -0.4 is 9.47 Å². The van der Waals surface area contributed by atoms with Crippen molar-refractivity contribution in [3.05, 3.63) is 64.7 Å². The molecule has 0 aliphatic rings. The minimum Gasteiger partial charge on any atom is -0.490 e. The van der Waals surface area contributed by atoms with Crippen molar-refractivity contribution in [2.24, 2.45) is 0 Å². The molecule has 0 amide bonds. The molecule has 2 rings (SSSR count). The number of aryl methyl sites for hydroxylation is 1. The smallest absolute Gasteiger partial charge is 0.348 e. The van der Waals surface area contributed by atoms with E-state index in [9.17, 15) is 9.59 Å². The summed E-state index contributed by atoms with van der Waals surface area (Å²) in [5.41, 5.74) is 1.88. The molecule has 0 N–H and O–H groups in total. The maximum absolute atomic E-state index is 12.4. The van der Waals surface area contributed by atoms with Gasteiger partial charge in [-0.15, -0.1) is 0 Å². The van der Waals surface area contributed by atoms with Gasteiger partial charge in [0, 0.05) is 0 Å². The summed E-state index contributed by atoms with van der Waals surface area (Å²) in [6.45, 7) is 5.92. The molecule has 0 heterocycles. The molecule has 0 bridgehead atoms. The van der Waals surface area contributed by atoms with Gasteiger partial charge < -0.3 is 14.2 Å². The van der Waals surface area contributed by atoms with Crippen molar-refractivity contribution in [2.45, 2.75) is 20.8 Å². The van der Waals surface area contributed by atoms with Crippen LogP contribution in [-0.4, -0.2) is 25.2 Å². The lowest BCUT2D eigenvalue weighted by Gasteiger charge is -2.12. The highest BCUT2D eigenvalue weighted by Crippen LogP contribution is 2.30. The molecule has 28 heavy (non-hydrogen) atoms. The molecule has 6 nitrogen and oxygen atoms in total. The zero-order chi connectivity index (χ0) is 20.5. The van der Waals surface area contributed by atoms with Gasteiger partial charge in [-0.3, -0.25) is 0 Å². The van der Waals surface area contributed by atoms with Crippen LogP contribution in [0, 0.1) is 18.3 Å². The van der Waals surface area contributed by atoms with Crippen molar-refractivity contribution in [3.63, 3.8) is 0 Å². The molecule has 0 aliphatic heterocycles. The number of ether oxygens (including phenoxy) is 3. The highest BCUT2D eigenvalue weighted by molar-refractivity contribution is 5.98. The second-order valence-electron chi connectivity index (χ2n) is 5.79. The van der Waals surface area contributed by atoms with E-state index in [0.29, 0.717) is 23.5 Å². The number of benzene rings is 2. The number of carbonyl (C=O) groups is 2. The molecule has 0 aromatic heterocycles. The first kappa shape index (κ1) is 20.7. The summed E-state index contributed by atoms with van der Waals surface area (Å²) in [5.74, 6) is -0.622. The van der Waals surface area contributed by atoms with Crippen LogP contribution in [0.2, 0.25) is 0 Å². The highest BCUT2D eigenvalue weighted by atomic mass is 16.6. The van der Waals surface area contributed by atoms with E-state index in [1.807, 2.05) is 25.1 Å². The first-order chi connectivity index (χ1) is 13.5. The van der Waals surface area contributed by atoms with Crippen LogP contribution >= 0.6 is 0 Å². The fourth-order valence-corrected chi connectivity index (χ4v) is 2.33. The summed E-state index contributed by atoms with van der Waals surface area (Å²) in [6.07, 6.45) is 1.39. The minimum absolute atomic E-state index is 0.131. The third-order valence-electron chi connectivity index (χ3n) is 3.68. The molecule has 144 valence electrons. The van der Waals surface area contributed by atoms with E-state index in [-0.39, 0.29) is 17.9 Å². The zero-order valence-corrected chi connectivity index (χ0v) is 16.0. The Morgan fingerprint density at radius 3 is 2.36 bits per heavy atom. The normalized spacial score (nSPS) is 10.7. The van der Waals surface area contributed by atoms with Gasteiger partial charge in [-0.25, -0.2) is 9.59 Å². The van der Waals surface area contributed by atoms with Gasteiger partial charge in [0.05, 0.1) is 18.8 Å². The first-order valence-corrected chi connectivity index (χ1v) is 8.83. The van der Waals surface area contributed by atoms with E-state index in [1.165, 1.54) is 6.08 Å². The van der Waals surface area contributed by atoms with Crippen molar-refractivity contribution < 1.29 is 23.8 Å². The molecular weight excluding hydrogens is 358 g/mol. The van der Waals surface area contributed by atoms with E-state index in [4.69, 9.17) is 19.5 Å². The molecule has 0 aliphatic carbocycles. The number of carbonyl (C=O) groups excluding carboxylic acids is 2. The predicted octanol–water partition coefficient (Wildman–Crippen LogP) is 4.08. The topological polar surface area (TPSA) is 85.6 Å². The molecule has 0 fully saturated rings. The summed E-state index contributed by atoms with van der Waals surface area (Å²) in [5, 5.41) is 9.16. The highest BCUT2D eigenvalue weighted by Gasteiger charge is 2.14. The molecule has 2 aromatic carbocycles. The molecule has 0 saturated heterocycles. The SMILES string of the molecule is CCOC(=O)/C(C#N)=C/c1ccc(OC(=O)c2ccc(C)cc2)c(OCC)c1. The second-order valence-corrected chi connectivity index (χ2v) is 5.79. The largest absolute Gasteiger partial charge is 0.490 e. The Morgan fingerprint density at radius 1 is 1.04 bits per heavy atom. The van der Waals surface area contributed by atoms with Crippen LogP contribution in [0.15, 0.2) is 48.0 Å². The Labute approximate surface area is 164 Å². The van der Waals surface area contributed by atoms with Crippen molar-refractivity contribution in [3.8, 4) is 17.6 Å². The first-order valence-electron chi connectivity index (χ1n) is 8.83. The van der Waals surface area contributed by atoms with E-state index >= 15 is 0 Å². The molecule has 0 unspecified atom stereocenters. The molecular formula is C22H21NO5. The number of nitriles is 1. The summed E-state index contributed by atoms with van der Waals surface area (Å²) in [4.78, 5) is 24.1. The quantitative estimate of drug-likeness (QED) is 0.312. The molecule has 2 aromatic rings. The lowest BCUT2D eigenvalue weighted by atomic mass is 10.1. The van der Waals surface area contributed by atoms with Crippen LogP contribution in [0.1, 0.15) is 35.3 Å². The van der Waals surface area contributed by atoms with Crippen molar-refractivity contribution in [1.29, 1.82) is 5.26 Å². The third-order valence-corrected chi connectivity index (χ3v) is 3.68. The van der Waals surface area contributed by atoms with Crippen LogP contribution in [-0.2, 0) is 9.53 Å². The third kappa shape index (κ3) is 5.45. The number of nitrogens with zero attached hydrogens (tertiary/aromatic N) is 1. The van der Waals surface area contributed by atoms with E-state index in [0.717, 1.165) is 5.56 Å². The van der Waals surface area contributed by atoms with E-state index in [2.05, 4.69) is 0 Å². The Kier molecular flexibility index (Phi) is 7.35. The zero-order valence-electron chi connectivity index (χ0n) is 16.0. The van der Waals surface area contributed by atoms with Crippen LogP contribution in [0.4, 0.5) is 0 Å². The fourth-order valence-electron chi connectivity index (χ4n) is 2.33. The van der Waals surface area contributed by atoms with Gasteiger partial charge in [-0.05, 0) is 56.7 Å². The number of hydrogen-bond acceptors (Lipinski definition) is 6. The molecule has 0 spiro atoms.